The first kappa shape index (κ1) is 22.2. The fourth-order valence-electron chi connectivity index (χ4n) is 2.93. The Balaban J connectivity index is 1.62. The Morgan fingerprint density at radius 1 is 1.13 bits per heavy atom. The van der Waals surface area contributed by atoms with Crippen LogP contribution in [-0.4, -0.2) is 25.9 Å². The van der Waals surface area contributed by atoms with Crippen LogP contribution in [0.5, 0.6) is 0 Å². The molecule has 0 aliphatic rings. The van der Waals surface area contributed by atoms with Crippen LogP contribution in [0.1, 0.15) is 29.4 Å². The third-order valence-electron chi connectivity index (χ3n) is 4.93. The molecular formula is C22H26ClN5OS. The second kappa shape index (κ2) is 9.53. The minimum atomic E-state index is -0.316. The predicted molar refractivity (Wildman–Crippen MR) is 124 cm³/mol. The van der Waals surface area contributed by atoms with Crippen molar-refractivity contribution >= 4 is 40.6 Å². The number of carbonyl (C=O) groups is 1. The first-order chi connectivity index (χ1) is 14.3. The fourth-order valence-corrected chi connectivity index (χ4v) is 3.95. The average molecular weight is 444 g/mol. The summed E-state index contributed by atoms with van der Waals surface area (Å²) in [6, 6.07) is 11.8. The van der Waals surface area contributed by atoms with Gasteiger partial charge in [0, 0.05) is 23.4 Å². The number of nitrogens with zero attached hydrogens (tertiary/aromatic N) is 3. The maximum absolute atomic E-state index is 12.7. The normalized spacial score (nSPS) is 11.9. The van der Waals surface area contributed by atoms with Crippen LogP contribution in [0.4, 0.5) is 11.4 Å². The van der Waals surface area contributed by atoms with Gasteiger partial charge in [0.2, 0.25) is 5.91 Å². The molecular weight excluding hydrogens is 418 g/mol. The highest BCUT2D eigenvalue weighted by atomic mass is 35.5. The lowest BCUT2D eigenvalue weighted by Crippen LogP contribution is -2.23. The summed E-state index contributed by atoms with van der Waals surface area (Å²) in [5, 5.41) is 16.0. The van der Waals surface area contributed by atoms with Crippen LogP contribution in [-0.2, 0) is 18.4 Å². The molecule has 158 valence electrons. The van der Waals surface area contributed by atoms with Crippen LogP contribution in [0.2, 0.25) is 5.02 Å². The molecule has 0 fully saturated rings. The van der Waals surface area contributed by atoms with Crippen LogP contribution in [0.25, 0.3) is 0 Å². The van der Waals surface area contributed by atoms with Crippen LogP contribution in [0.15, 0.2) is 41.6 Å². The van der Waals surface area contributed by atoms with Gasteiger partial charge in [0.25, 0.3) is 0 Å². The highest BCUT2D eigenvalue weighted by Crippen LogP contribution is 2.25. The van der Waals surface area contributed by atoms with Crippen molar-refractivity contribution in [2.45, 2.75) is 44.6 Å². The highest BCUT2D eigenvalue weighted by molar-refractivity contribution is 8.00. The molecule has 8 heteroatoms. The Morgan fingerprint density at radius 2 is 1.83 bits per heavy atom. The summed E-state index contributed by atoms with van der Waals surface area (Å²) >= 11 is 7.57. The van der Waals surface area contributed by atoms with Crippen molar-refractivity contribution in [3.8, 4) is 0 Å². The van der Waals surface area contributed by atoms with E-state index in [9.17, 15) is 4.79 Å². The molecule has 1 atom stereocenters. The first-order valence-electron chi connectivity index (χ1n) is 9.68. The Bertz CT molecular complexity index is 1050. The van der Waals surface area contributed by atoms with Crippen molar-refractivity contribution in [1.29, 1.82) is 0 Å². The molecule has 0 saturated carbocycles. The van der Waals surface area contributed by atoms with Gasteiger partial charge in [-0.05, 0) is 56.5 Å². The van der Waals surface area contributed by atoms with Crippen molar-refractivity contribution in [3.05, 3.63) is 63.9 Å². The molecule has 3 aromatic rings. The molecule has 1 heterocycles. The quantitative estimate of drug-likeness (QED) is 0.495. The lowest BCUT2D eigenvalue weighted by Gasteiger charge is -2.15. The molecule has 0 bridgehead atoms. The number of rotatable bonds is 7. The molecule has 2 aromatic carbocycles. The maximum Gasteiger partial charge on any atom is 0.237 e. The van der Waals surface area contributed by atoms with E-state index in [0.717, 1.165) is 38.9 Å². The zero-order chi connectivity index (χ0) is 21.8. The molecule has 1 aromatic heterocycles. The van der Waals surface area contributed by atoms with Gasteiger partial charge in [0.15, 0.2) is 11.0 Å². The molecule has 0 unspecified atom stereocenters. The summed E-state index contributed by atoms with van der Waals surface area (Å²) in [5.41, 5.74) is 4.92. The number of nitrogens with one attached hydrogen (secondary N) is 2. The molecule has 3 rings (SSSR count). The summed E-state index contributed by atoms with van der Waals surface area (Å²) in [4.78, 5) is 12.7. The number of halogens is 1. The average Bonchev–Trinajstić information content (AvgIpc) is 3.05. The lowest BCUT2D eigenvalue weighted by molar-refractivity contribution is -0.115. The Kier molecular flexibility index (Phi) is 7.05. The molecule has 0 spiro atoms. The van der Waals surface area contributed by atoms with Gasteiger partial charge in [-0.25, -0.2) is 0 Å². The Hall–Kier alpha value is -2.51. The summed E-state index contributed by atoms with van der Waals surface area (Å²) < 4.78 is 1.90. The lowest BCUT2D eigenvalue weighted by atomic mass is 10.1. The van der Waals surface area contributed by atoms with Crippen molar-refractivity contribution in [1.82, 2.24) is 14.8 Å². The standard InChI is InChI=1S/C22H26ClN5OS/c1-13-9-10-17(11-18(13)23)24-12-19-26-27-22(28(19)5)30-16(4)21(29)25-20-14(2)7-6-8-15(20)3/h6-11,16,24H,12H2,1-5H3,(H,25,29)/t16-/m1/s1. The van der Waals surface area contributed by atoms with E-state index in [1.54, 1.807) is 0 Å². The second-order valence-electron chi connectivity index (χ2n) is 7.29. The van der Waals surface area contributed by atoms with Gasteiger partial charge < -0.3 is 15.2 Å². The third-order valence-corrected chi connectivity index (χ3v) is 6.47. The largest absolute Gasteiger partial charge is 0.378 e. The molecule has 30 heavy (non-hydrogen) atoms. The van der Waals surface area contributed by atoms with Gasteiger partial charge in [-0.15, -0.1) is 10.2 Å². The van der Waals surface area contributed by atoms with Crippen molar-refractivity contribution in [3.63, 3.8) is 0 Å². The number of hydrogen-bond acceptors (Lipinski definition) is 5. The van der Waals surface area contributed by atoms with Crippen LogP contribution in [0.3, 0.4) is 0 Å². The molecule has 0 saturated heterocycles. The van der Waals surface area contributed by atoms with Gasteiger partial charge in [0.1, 0.15) is 0 Å². The number of amides is 1. The molecule has 2 N–H and O–H groups in total. The van der Waals surface area contributed by atoms with Gasteiger partial charge in [0.05, 0.1) is 11.8 Å². The van der Waals surface area contributed by atoms with E-state index in [-0.39, 0.29) is 11.2 Å². The van der Waals surface area contributed by atoms with Crippen molar-refractivity contribution < 1.29 is 4.79 Å². The van der Waals surface area contributed by atoms with E-state index in [2.05, 4.69) is 20.8 Å². The molecule has 6 nitrogen and oxygen atoms in total. The topological polar surface area (TPSA) is 71.8 Å². The maximum atomic E-state index is 12.7. The Labute approximate surface area is 186 Å². The smallest absolute Gasteiger partial charge is 0.237 e. The summed E-state index contributed by atoms with van der Waals surface area (Å²) in [5.74, 6) is 0.714. The van der Waals surface area contributed by atoms with Crippen molar-refractivity contribution in [2.75, 3.05) is 10.6 Å². The number of anilines is 2. The van der Waals surface area contributed by atoms with E-state index in [4.69, 9.17) is 11.6 Å². The van der Waals surface area contributed by atoms with E-state index in [1.165, 1.54) is 11.8 Å². The molecule has 1 amide bonds. The first-order valence-corrected chi connectivity index (χ1v) is 10.9. The van der Waals surface area contributed by atoms with Crippen LogP contribution < -0.4 is 10.6 Å². The molecule has 0 aliphatic carbocycles. The van der Waals surface area contributed by atoms with Gasteiger partial charge in [-0.3, -0.25) is 4.79 Å². The summed E-state index contributed by atoms with van der Waals surface area (Å²) in [6.07, 6.45) is 0. The summed E-state index contributed by atoms with van der Waals surface area (Å²) in [6.45, 7) is 8.32. The number of aromatic nitrogens is 3. The highest BCUT2D eigenvalue weighted by Gasteiger charge is 2.20. The van der Waals surface area contributed by atoms with Gasteiger partial charge in [-0.2, -0.15) is 0 Å². The minimum Gasteiger partial charge on any atom is -0.378 e. The second-order valence-corrected chi connectivity index (χ2v) is 9.01. The van der Waals surface area contributed by atoms with Gasteiger partial charge in [-0.1, -0.05) is 47.6 Å². The number of para-hydroxylation sites is 1. The van der Waals surface area contributed by atoms with E-state index in [0.29, 0.717) is 11.7 Å². The number of hydrogen-bond donors (Lipinski definition) is 2. The SMILES string of the molecule is Cc1ccc(NCc2nnc(S[C@H](C)C(=O)Nc3c(C)cccc3C)n2C)cc1Cl. The third kappa shape index (κ3) is 5.15. The zero-order valence-electron chi connectivity index (χ0n) is 17.8. The van der Waals surface area contributed by atoms with E-state index in [1.807, 2.05) is 75.7 Å². The molecule has 0 radical (unpaired) electrons. The fraction of sp³-hybridized carbons (Fsp3) is 0.318. The summed E-state index contributed by atoms with van der Waals surface area (Å²) in [7, 11) is 1.90. The molecule has 0 aliphatic heterocycles. The predicted octanol–water partition coefficient (Wildman–Crippen LogP) is 5.13. The van der Waals surface area contributed by atoms with Crippen LogP contribution in [0, 0.1) is 20.8 Å². The number of thioether (sulfide) groups is 1. The van der Waals surface area contributed by atoms with Crippen LogP contribution >= 0.6 is 23.4 Å². The Morgan fingerprint density at radius 3 is 2.50 bits per heavy atom. The number of carbonyl (C=O) groups excluding carboxylic acids is 1. The number of benzene rings is 2. The van der Waals surface area contributed by atoms with E-state index < -0.39 is 0 Å². The van der Waals surface area contributed by atoms with Crippen molar-refractivity contribution in [2.24, 2.45) is 7.05 Å². The van der Waals surface area contributed by atoms with Gasteiger partial charge >= 0.3 is 0 Å². The minimum absolute atomic E-state index is 0.0608. The monoisotopic (exact) mass is 443 g/mol. The zero-order valence-corrected chi connectivity index (χ0v) is 19.4. The van der Waals surface area contributed by atoms with E-state index >= 15 is 0 Å². The number of aryl methyl sites for hydroxylation is 3.